The van der Waals surface area contributed by atoms with Crippen LogP contribution in [0.5, 0.6) is 0 Å². The van der Waals surface area contributed by atoms with Gasteiger partial charge in [0.15, 0.2) is 0 Å². The predicted molar refractivity (Wildman–Crippen MR) is 66.9 cm³/mol. The molecule has 5 heteroatoms. The minimum absolute atomic E-state index is 0.0433. The van der Waals surface area contributed by atoms with Crippen molar-refractivity contribution in [3.63, 3.8) is 0 Å². The lowest BCUT2D eigenvalue weighted by atomic mass is 9.94. The average Bonchev–Trinajstić information content (AvgIpc) is 3.12. The van der Waals surface area contributed by atoms with Crippen LogP contribution in [0, 0.1) is 5.92 Å². The van der Waals surface area contributed by atoms with E-state index >= 15 is 0 Å². The number of nitrogens with one attached hydrogen (secondary N) is 1. The molecule has 2 fully saturated rings. The summed E-state index contributed by atoms with van der Waals surface area (Å²) in [4.78, 5) is 26.2. The van der Waals surface area contributed by atoms with Crippen LogP contribution in [0.1, 0.15) is 33.6 Å². The second-order valence-electron chi connectivity index (χ2n) is 5.53. The van der Waals surface area contributed by atoms with Gasteiger partial charge in [-0.1, -0.05) is 0 Å². The summed E-state index contributed by atoms with van der Waals surface area (Å²) >= 11 is 0. The van der Waals surface area contributed by atoms with E-state index in [-0.39, 0.29) is 17.9 Å². The van der Waals surface area contributed by atoms with Crippen LogP contribution in [0.2, 0.25) is 0 Å². The fraction of sp³-hybridized carbons (Fsp3) is 0.846. The molecule has 18 heavy (non-hydrogen) atoms. The summed E-state index contributed by atoms with van der Waals surface area (Å²) in [5.41, 5.74) is -0.778. The number of rotatable bonds is 5. The summed E-state index contributed by atoms with van der Waals surface area (Å²) < 4.78 is 5.30. The highest BCUT2D eigenvalue weighted by atomic mass is 16.5. The lowest BCUT2D eigenvalue weighted by Gasteiger charge is -2.44. The second-order valence-corrected chi connectivity index (χ2v) is 5.53. The molecule has 1 N–H and O–H groups in total. The molecule has 0 aromatic rings. The summed E-state index contributed by atoms with van der Waals surface area (Å²) in [6, 6.07) is -0.313. The molecule has 0 radical (unpaired) electrons. The molecule has 0 bridgehead atoms. The first-order valence-electron chi connectivity index (χ1n) is 6.68. The lowest BCUT2D eigenvalue weighted by Crippen LogP contribution is -2.69. The molecule has 1 heterocycles. The largest absolute Gasteiger partial charge is 0.380 e. The average molecular weight is 254 g/mol. The van der Waals surface area contributed by atoms with Crippen LogP contribution in [0.4, 0.5) is 0 Å². The Morgan fingerprint density at radius 3 is 2.61 bits per heavy atom. The van der Waals surface area contributed by atoms with Gasteiger partial charge in [-0.15, -0.1) is 0 Å². The minimum Gasteiger partial charge on any atom is -0.380 e. The van der Waals surface area contributed by atoms with Crippen molar-refractivity contribution in [2.75, 3.05) is 19.8 Å². The van der Waals surface area contributed by atoms with Gasteiger partial charge in [-0.05, 0) is 39.5 Å². The van der Waals surface area contributed by atoms with Crippen molar-refractivity contribution >= 4 is 11.8 Å². The van der Waals surface area contributed by atoms with E-state index in [2.05, 4.69) is 5.32 Å². The molecule has 1 unspecified atom stereocenters. The molecule has 0 aromatic carbocycles. The molecule has 1 aliphatic heterocycles. The summed E-state index contributed by atoms with van der Waals surface area (Å²) in [6.07, 6.45) is 2.08. The SMILES string of the molecule is CCOCCN1C(=O)C(C2CC2)NC(=O)C1(C)C. The van der Waals surface area contributed by atoms with Gasteiger partial charge in [0.25, 0.3) is 0 Å². The highest BCUT2D eigenvalue weighted by molar-refractivity contribution is 5.99. The Balaban J connectivity index is 2.09. The van der Waals surface area contributed by atoms with Crippen LogP contribution < -0.4 is 5.32 Å². The molecular formula is C13H22N2O3. The van der Waals surface area contributed by atoms with E-state index in [1.807, 2.05) is 6.92 Å². The minimum atomic E-state index is -0.778. The van der Waals surface area contributed by atoms with Crippen molar-refractivity contribution in [1.82, 2.24) is 10.2 Å². The van der Waals surface area contributed by atoms with E-state index in [4.69, 9.17) is 4.74 Å². The van der Waals surface area contributed by atoms with Gasteiger partial charge < -0.3 is 15.0 Å². The number of carbonyl (C=O) groups excluding carboxylic acids is 2. The molecule has 1 saturated carbocycles. The predicted octanol–water partition coefficient (Wildman–Crippen LogP) is 0.538. The maximum atomic E-state index is 12.4. The Hall–Kier alpha value is -1.10. The zero-order chi connectivity index (χ0) is 13.3. The van der Waals surface area contributed by atoms with Gasteiger partial charge in [0.2, 0.25) is 11.8 Å². The molecule has 102 valence electrons. The van der Waals surface area contributed by atoms with Crippen molar-refractivity contribution in [2.45, 2.75) is 45.2 Å². The Morgan fingerprint density at radius 2 is 2.06 bits per heavy atom. The molecular weight excluding hydrogens is 232 g/mol. The highest BCUT2D eigenvalue weighted by Gasteiger charge is 2.50. The quantitative estimate of drug-likeness (QED) is 0.728. The second kappa shape index (κ2) is 4.88. The van der Waals surface area contributed by atoms with Crippen molar-refractivity contribution in [1.29, 1.82) is 0 Å². The topological polar surface area (TPSA) is 58.6 Å². The number of piperazine rings is 1. The first-order chi connectivity index (χ1) is 8.48. The van der Waals surface area contributed by atoms with Gasteiger partial charge in [0.1, 0.15) is 11.6 Å². The Kier molecular flexibility index (Phi) is 3.61. The summed E-state index contributed by atoms with van der Waals surface area (Å²) in [7, 11) is 0. The molecule has 1 atom stereocenters. The van der Waals surface area contributed by atoms with Crippen LogP contribution in [-0.2, 0) is 14.3 Å². The first kappa shape index (κ1) is 13.3. The summed E-state index contributed by atoms with van der Waals surface area (Å²) in [6.45, 7) is 7.08. The van der Waals surface area contributed by atoms with E-state index in [0.717, 1.165) is 12.8 Å². The van der Waals surface area contributed by atoms with Gasteiger partial charge in [0, 0.05) is 13.2 Å². The third-order valence-electron chi connectivity index (χ3n) is 3.81. The van der Waals surface area contributed by atoms with Gasteiger partial charge in [-0.25, -0.2) is 0 Å². The van der Waals surface area contributed by atoms with E-state index in [0.29, 0.717) is 25.7 Å². The van der Waals surface area contributed by atoms with Gasteiger partial charge >= 0.3 is 0 Å². The molecule has 5 nitrogen and oxygen atoms in total. The Bertz CT molecular complexity index is 350. The first-order valence-corrected chi connectivity index (χ1v) is 6.68. The molecule has 2 amide bonds. The Labute approximate surface area is 108 Å². The van der Waals surface area contributed by atoms with Crippen molar-refractivity contribution in [3.8, 4) is 0 Å². The lowest BCUT2D eigenvalue weighted by molar-refractivity contribution is -0.156. The number of nitrogens with zero attached hydrogens (tertiary/aromatic N) is 1. The standard InChI is InChI=1S/C13H22N2O3/c1-4-18-8-7-15-11(16)10(9-5-6-9)14-12(17)13(15,2)3/h9-10H,4-8H2,1-3H3,(H,14,17). The molecule has 1 aliphatic carbocycles. The maximum absolute atomic E-state index is 12.4. The molecule has 2 aliphatic rings. The maximum Gasteiger partial charge on any atom is 0.246 e. The fourth-order valence-electron chi connectivity index (χ4n) is 2.38. The summed E-state index contributed by atoms with van der Waals surface area (Å²) in [5, 5.41) is 2.87. The van der Waals surface area contributed by atoms with E-state index < -0.39 is 5.54 Å². The number of amides is 2. The van der Waals surface area contributed by atoms with Crippen LogP contribution in [0.25, 0.3) is 0 Å². The van der Waals surface area contributed by atoms with E-state index in [1.54, 1.807) is 18.7 Å². The number of ether oxygens (including phenoxy) is 1. The highest BCUT2D eigenvalue weighted by Crippen LogP contribution is 2.36. The zero-order valence-corrected chi connectivity index (χ0v) is 11.4. The zero-order valence-electron chi connectivity index (χ0n) is 11.4. The van der Waals surface area contributed by atoms with Gasteiger partial charge in [-0.3, -0.25) is 9.59 Å². The van der Waals surface area contributed by atoms with Crippen molar-refractivity contribution in [3.05, 3.63) is 0 Å². The molecule has 1 saturated heterocycles. The van der Waals surface area contributed by atoms with Gasteiger partial charge in [-0.2, -0.15) is 0 Å². The van der Waals surface area contributed by atoms with Gasteiger partial charge in [0.05, 0.1) is 6.61 Å². The normalized spacial score (nSPS) is 27.3. The fourth-order valence-corrected chi connectivity index (χ4v) is 2.38. The Morgan fingerprint density at radius 1 is 1.39 bits per heavy atom. The molecule has 2 rings (SSSR count). The third kappa shape index (κ3) is 2.36. The van der Waals surface area contributed by atoms with E-state index in [9.17, 15) is 9.59 Å². The monoisotopic (exact) mass is 254 g/mol. The number of carbonyl (C=O) groups is 2. The molecule has 0 spiro atoms. The van der Waals surface area contributed by atoms with Crippen LogP contribution in [0.3, 0.4) is 0 Å². The third-order valence-corrected chi connectivity index (χ3v) is 3.81. The van der Waals surface area contributed by atoms with Crippen LogP contribution in [0.15, 0.2) is 0 Å². The van der Waals surface area contributed by atoms with Crippen molar-refractivity contribution in [2.24, 2.45) is 5.92 Å². The smallest absolute Gasteiger partial charge is 0.246 e. The molecule has 0 aromatic heterocycles. The number of hydrogen-bond acceptors (Lipinski definition) is 3. The van der Waals surface area contributed by atoms with Crippen molar-refractivity contribution < 1.29 is 14.3 Å². The van der Waals surface area contributed by atoms with Crippen LogP contribution in [-0.4, -0.2) is 48.1 Å². The van der Waals surface area contributed by atoms with Crippen LogP contribution >= 0.6 is 0 Å². The van der Waals surface area contributed by atoms with E-state index in [1.165, 1.54) is 0 Å². The number of hydrogen-bond donors (Lipinski definition) is 1. The summed E-state index contributed by atoms with van der Waals surface area (Å²) in [5.74, 6) is 0.324.